The van der Waals surface area contributed by atoms with E-state index in [9.17, 15) is 9.90 Å². The minimum Gasteiger partial charge on any atom is -0.480 e. The Kier molecular flexibility index (Phi) is 6.20. The van der Waals surface area contributed by atoms with Crippen LogP contribution in [0.5, 0.6) is 0 Å². The lowest BCUT2D eigenvalue weighted by Crippen LogP contribution is -2.45. The summed E-state index contributed by atoms with van der Waals surface area (Å²) in [5.41, 5.74) is 7.03. The van der Waals surface area contributed by atoms with Gasteiger partial charge in [-0.2, -0.15) is 0 Å². The quantitative estimate of drug-likeness (QED) is 0.625. The van der Waals surface area contributed by atoms with Gasteiger partial charge in [-0.3, -0.25) is 4.79 Å². The fourth-order valence-corrected chi connectivity index (χ4v) is 3.02. The monoisotopic (exact) mass is 315 g/mol. The summed E-state index contributed by atoms with van der Waals surface area (Å²) in [7, 11) is 1.71. The van der Waals surface area contributed by atoms with Gasteiger partial charge in [0.2, 0.25) is 0 Å². The Labute approximate surface area is 138 Å². The van der Waals surface area contributed by atoms with Crippen molar-refractivity contribution in [3.05, 3.63) is 35.4 Å². The fraction of sp³-hybridized carbons (Fsp3) is 0.526. The Morgan fingerprint density at radius 3 is 2.74 bits per heavy atom. The molecule has 1 fully saturated rings. The molecule has 2 unspecified atom stereocenters. The van der Waals surface area contributed by atoms with Gasteiger partial charge in [0.25, 0.3) is 0 Å². The molecule has 4 nitrogen and oxygen atoms in total. The number of hydrogen-bond acceptors (Lipinski definition) is 3. The molecule has 0 amide bonds. The highest BCUT2D eigenvalue weighted by atomic mass is 16.5. The van der Waals surface area contributed by atoms with Crippen molar-refractivity contribution in [3.8, 4) is 11.8 Å². The third-order valence-corrected chi connectivity index (χ3v) is 4.49. The van der Waals surface area contributed by atoms with Gasteiger partial charge in [-0.25, -0.2) is 0 Å². The van der Waals surface area contributed by atoms with Crippen LogP contribution in [-0.2, 0) is 9.53 Å². The molecule has 0 saturated heterocycles. The van der Waals surface area contributed by atoms with E-state index in [1.807, 2.05) is 24.3 Å². The molecular weight excluding hydrogens is 290 g/mol. The normalized spacial score (nSPS) is 23.3. The number of carbonyl (C=O) groups is 1. The highest BCUT2D eigenvalue weighted by Gasteiger charge is 2.42. The summed E-state index contributed by atoms with van der Waals surface area (Å²) >= 11 is 0. The van der Waals surface area contributed by atoms with Crippen LogP contribution < -0.4 is 5.73 Å². The third kappa shape index (κ3) is 4.82. The van der Waals surface area contributed by atoms with Gasteiger partial charge in [0.15, 0.2) is 0 Å². The van der Waals surface area contributed by atoms with Crippen molar-refractivity contribution in [3.63, 3.8) is 0 Å². The van der Waals surface area contributed by atoms with Crippen molar-refractivity contribution >= 4 is 5.97 Å². The Morgan fingerprint density at radius 2 is 2.13 bits per heavy atom. The van der Waals surface area contributed by atoms with Gasteiger partial charge in [-0.1, -0.05) is 24.0 Å². The second kappa shape index (κ2) is 8.14. The van der Waals surface area contributed by atoms with Crippen LogP contribution in [0.25, 0.3) is 0 Å². The first-order valence-electron chi connectivity index (χ1n) is 8.15. The lowest BCUT2D eigenvalue weighted by atomic mass is 9.93. The molecule has 3 N–H and O–H groups in total. The summed E-state index contributed by atoms with van der Waals surface area (Å²) < 4.78 is 5.00. The summed E-state index contributed by atoms with van der Waals surface area (Å²) in [6.07, 6.45) is 4.84. The predicted molar refractivity (Wildman–Crippen MR) is 90.2 cm³/mol. The molecule has 0 radical (unpaired) electrons. The van der Waals surface area contributed by atoms with Crippen LogP contribution in [0.4, 0.5) is 0 Å². The minimum absolute atomic E-state index is 0.229. The van der Waals surface area contributed by atoms with E-state index in [4.69, 9.17) is 10.5 Å². The summed E-state index contributed by atoms with van der Waals surface area (Å²) in [5, 5.41) is 9.20. The highest BCUT2D eigenvalue weighted by molar-refractivity contribution is 5.79. The highest BCUT2D eigenvalue weighted by Crippen LogP contribution is 2.39. The standard InChI is InChI=1S/C19H25NO3/c1-23-13-5-3-2-4-6-15-7-9-16(10-8-15)17-11-12-19(20,14-17)18(21)22/h7-10,17H,2-3,5,11-14,20H2,1H3,(H,21,22). The molecule has 0 aromatic heterocycles. The lowest BCUT2D eigenvalue weighted by Gasteiger charge is -2.18. The van der Waals surface area contributed by atoms with Crippen LogP contribution in [0.3, 0.4) is 0 Å². The Morgan fingerprint density at radius 1 is 1.39 bits per heavy atom. The van der Waals surface area contributed by atoms with E-state index in [1.165, 1.54) is 0 Å². The van der Waals surface area contributed by atoms with E-state index in [2.05, 4.69) is 11.8 Å². The second-order valence-corrected chi connectivity index (χ2v) is 6.27. The first-order chi connectivity index (χ1) is 11.0. The largest absolute Gasteiger partial charge is 0.480 e. The maximum atomic E-state index is 11.2. The van der Waals surface area contributed by atoms with Gasteiger partial charge >= 0.3 is 5.97 Å². The van der Waals surface area contributed by atoms with Gasteiger partial charge in [0, 0.05) is 25.7 Å². The molecule has 0 aliphatic heterocycles. The number of nitrogens with two attached hydrogens (primary N) is 1. The van der Waals surface area contributed by atoms with Crippen molar-refractivity contribution in [1.29, 1.82) is 0 Å². The van der Waals surface area contributed by atoms with Crippen LogP contribution in [0.15, 0.2) is 24.3 Å². The Hall–Kier alpha value is -1.83. The number of carboxylic acid groups (broad SMARTS) is 1. The van der Waals surface area contributed by atoms with Crippen LogP contribution in [0.1, 0.15) is 55.6 Å². The number of benzene rings is 1. The molecule has 1 aromatic rings. The number of hydrogen-bond donors (Lipinski definition) is 2. The zero-order chi connectivity index (χ0) is 16.7. The SMILES string of the molecule is COCCCCC#Cc1ccc(C2CCC(N)(C(=O)O)C2)cc1. The van der Waals surface area contributed by atoms with Gasteiger partial charge in [-0.05, 0) is 55.7 Å². The van der Waals surface area contributed by atoms with Crippen molar-refractivity contribution in [2.75, 3.05) is 13.7 Å². The van der Waals surface area contributed by atoms with E-state index in [-0.39, 0.29) is 5.92 Å². The zero-order valence-electron chi connectivity index (χ0n) is 13.7. The maximum Gasteiger partial charge on any atom is 0.323 e. The third-order valence-electron chi connectivity index (χ3n) is 4.49. The topological polar surface area (TPSA) is 72.5 Å². The van der Waals surface area contributed by atoms with E-state index >= 15 is 0 Å². The first kappa shape index (κ1) is 17.5. The lowest BCUT2D eigenvalue weighted by molar-refractivity contribution is -0.143. The fourth-order valence-electron chi connectivity index (χ4n) is 3.02. The van der Waals surface area contributed by atoms with Crippen molar-refractivity contribution < 1.29 is 14.6 Å². The van der Waals surface area contributed by atoms with Crippen LogP contribution in [-0.4, -0.2) is 30.3 Å². The molecule has 1 aliphatic carbocycles. The second-order valence-electron chi connectivity index (χ2n) is 6.27. The number of methoxy groups -OCH3 is 1. The van der Waals surface area contributed by atoms with Gasteiger partial charge < -0.3 is 15.6 Å². The number of carboxylic acids is 1. The van der Waals surface area contributed by atoms with Crippen molar-refractivity contribution in [2.24, 2.45) is 5.73 Å². The Balaban J connectivity index is 1.88. The molecule has 1 aromatic carbocycles. The average molecular weight is 315 g/mol. The molecule has 1 saturated carbocycles. The average Bonchev–Trinajstić information content (AvgIpc) is 2.95. The summed E-state index contributed by atoms with van der Waals surface area (Å²) in [5.74, 6) is 5.67. The summed E-state index contributed by atoms with van der Waals surface area (Å²) in [6, 6.07) is 8.12. The molecule has 23 heavy (non-hydrogen) atoms. The van der Waals surface area contributed by atoms with Crippen molar-refractivity contribution in [1.82, 2.24) is 0 Å². The maximum absolute atomic E-state index is 11.2. The van der Waals surface area contributed by atoms with Crippen molar-refractivity contribution in [2.45, 2.75) is 50.0 Å². The van der Waals surface area contributed by atoms with Crippen LogP contribution in [0.2, 0.25) is 0 Å². The van der Waals surface area contributed by atoms with Gasteiger partial charge in [0.1, 0.15) is 5.54 Å². The van der Waals surface area contributed by atoms with E-state index in [1.54, 1.807) is 7.11 Å². The molecular formula is C19H25NO3. The smallest absolute Gasteiger partial charge is 0.323 e. The summed E-state index contributed by atoms with van der Waals surface area (Å²) in [4.78, 5) is 11.2. The zero-order valence-corrected chi connectivity index (χ0v) is 13.7. The van der Waals surface area contributed by atoms with E-state index in [0.29, 0.717) is 12.8 Å². The van der Waals surface area contributed by atoms with E-state index in [0.717, 1.165) is 43.4 Å². The van der Waals surface area contributed by atoms with Gasteiger partial charge in [-0.15, -0.1) is 0 Å². The Bertz CT molecular complexity index is 585. The molecule has 2 rings (SSSR count). The van der Waals surface area contributed by atoms with Gasteiger partial charge in [0.05, 0.1) is 0 Å². The number of unbranched alkanes of at least 4 members (excludes halogenated alkanes) is 2. The molecule has 4 heteroatoms. The first-order valence-corrected chi connectivity index (χ1v) is 8.15. The molecule has 0 heterocycles. The summed E-state index contributed by atoms with van der Waals surface area (Å²) in [6.45, 7) is 0.788. The van der Waals surface area contributed by atoms with E-state index < -0.39 is 11.5 Å². The molecule has 124 valence electrons. The number of ether oxygens (including phenoxy) is 1. The minimum atomic E-state index is -1.06. The predicted octanol–water partition coefficient (Wildman–Crippen LogP) is 2.90. The molecule has 2 atom stereocenters. The van der Waals surface area contributed by atoms with Crippen LogP contribution >= 0.6 is 0 Å². The van der Waals surface area contributed by atoms with Crippen LogP contribution in [0, 0.1) is 11.8 Å². The number of rotatable bonds is 6. The molecule has 1 aliphatic rings. The molecule has 0 spiro atoms. The molecule has 0 bridgehead atoms. The number of aliphatic carboxylic acids is 1.